The lowest BCUT2D eigenvalue weighted by Crippen LogP contribution is -2.05. The smallest absolute Gasteiger partial charge is 0.266 e. The minimum Gasteiger partial charge on any atom is -0.436 e. The van der Waals surface area contributed by atoms with Gasteiger partial charge in [0.05, 0.1) is 11.6 Å². The molecule has 0 saturated heterocycles. The van der Waals surface area contributed by atoms with Crippen LogP contribution in [0.4, 0.5) is 9.18 Å². The highest BCUT2D eigenvalue weighted by molar-refractivity contribution is 6.55. The van der Waals surface area contributed by atoms with Gasteiger partial charge in [-0.05, 0) is 12.1 Å². The van der Waals surface area contributed by atoms with Crippen LogP contribution in [-0.4, -0.2) is 13.7 Å². The highest BCUT2D eigenvalue weighted by atomic mass is 19.1. The molecule has 0 heterocycles. The van der Waals surface area contributed by atoms with E-state index in [9.17, 15) is 9.18 Å². The summed E-state index contributed by atoms with van der Waals surface area (Å²) in [6.07, 6.45) is -1.93. The zero-order chi connectivity index (χ0) is 10.6. The maximum atomic E-state index is 13.1. The van der Waals surface area contributed by atoms with Crippen LogP contribution in [0.15, 0.2) is 24.3 Å². The maximum Gasteiger partial charge on any atom is 0.266 e. The Morgan fingerprint density at radius 2 is 2.36 bits per heavy atom. The Hall–Kier alpha value is -1.83. The van der Waals surface area contributed by atoms with Crippen molar-refractivity contribution < 1.29 is 13.9 Å². The van der Waals surface area contributed by atoms with Gasteiger partial charge in [-0.25, -0.2) is 0 Å². The van der Waals surface area contributed by atoms with Crippen LogP contribution in [0.1, 0.15) is 17.5 Å². The molecule has 0 N–H and O–H groups in total. The van der Waals surface area contributed by atoms with Crippen molar-refractivity contribution in [3.63, 3.8) is 0 Å². The third kappa shape index (κ3) is 2.59. The minimum atomic E-state index is -1.93. The summed E-state index contributed by atoms with van der Waals surface area (Å²) < 4.78 is 17.2. The molecule has 0 aromatic heterocycles. The number of hydrogen-bond donors (Lipinski definition) is 0. The molecule has 0 fully saturated rings. The van der Waals surface area contributed by atoms with Crippen LogP contribution in [0.25, 0.3) is 0 Å². The van der Waals surface area contributed by atoms with E-state index < -0.39 is 12.2 Å². The first kappa shape index (κ1) is 10.3. The van der Waals surface area contributed by atoms with Gasteiger partial charge in [-0.3, -0.25) is 4.79 Å². The number of hydrogen-bond acceptors (Lipinski definition) is 3. The molecule has 0 saturated carbocycles. The first-order valence-electron chi connectivity index (χ1n) is 3.73. The van der Waals surface area contributed by atoms with Crippen LogP contribution >= 0.6 is 0 Å². The van der Waals surface area contributed by atoms with Crippen molar-refractivity contribution >= 4 is 13.7 Å². The molecule has 0 aliphatic carbocycles. The molecule has 3 nitrogen and oxygen atoms in total. The monoisotopic (exact) mass is 189 g/mol. The van der Waals surface area contributed by atoms with Crippen molar-refractivity contribution in [2.45, 2.75) is 6.36 Å². The number of carbonyl (C=O) groups is 1. The molecule has 0 bridgehead atoms. The summed E-state index contributed by atoms with van der Waals surface area (Å²) in [6.45, 7) is 0. The zero-order valence-corrected chi connectivity index (χ0v) is 7.11. The van der Waals surface area contributed by atoms with Crippen molar-refractivity contribution in [2.75, 3.05) is 0 Å². The van der Waals surface area contributed by atoms with Crippen LogP contribution in [0, 0.1) is 11.3 Å². The normalized spacial score (nSPS) is 11.4. The van der Waals surface area contributed by atoms with Gasteiger partial charge < -0.3 is 4.74 Å². The average Bonchev–Trinajstić information content (AvgIpc) is 2.17. The number of rotatable bonds is 2. The Morgan fingerprint density at radius 1 is 1.64 bits per heavy atom. The summed E-state index contributed by atoms with van der Waals surface area (Å²) in [5.41, 5.74) is 0.376. The van der Waals surface area contributed by atoms with Gasteiger partial charge in [0.2, 0.25) is 13.7 Å². The van der Waals surface area contributed by atoms with Crippen LogP contribution in [0.5, 0.6) is 0 Å². The number of nitriles is 1. The number of nitrogens with zero attached hydrogens (tertiary/aromatic N) is 1. The SMILES string of the molecule is [B]C(=O)OC(F)c1cccc(C#N)c1. The lowest BCUT2D eigenvalue weighted by Gasteiger charge is -2.08. The van der Waals surface area contributed by atoms with Crippen LogP contribution in [0.2, 0.25) is 0 Å². The predicted molar refractivity (Wildman–Crippen MR) is 47.2 cm³/mol. The van der Waals surface area contributed by atoms with Gasteiger partial charge >= 0.3 is 0 Å². The first-order chi connectivity index (χ1) is 6.63. The second kappa shape index (κ2) is 4.42. The minimum absolute atomic E-state index is 0.0860. The molecule has 1 aromatic rings. The molecule has 1 unspecified atom stereocenters. The lowest BCUT2D eigenvalue weighted by atomic mass is 10.1. The van der Waals surface area contributed by atoms with Crippen molar-refractivity contribution in [3.8, 4) is 6.07 Å². The number of ether oxygens (including phenoxy) is 1. The van der Waals surface area contributed by atoms with E-state index in [0.29, 0.717) is 5.56 Å². The van der Waals surface area contributed by atoms with Crippen molar-refractivity contribution in [2.24, 2.45) is 0 Å². The second-order valence-electron chi connectivity index (χ2n) is 2.49. The Balaban J connectivity index is 2.85. The number of carbonyl (C=O) groups excluding carboxylic acids is 1. The Labute approximate surface area is 81.5 Å². The second-order valence-corrected chi connectivity index (χ2v) is 2.49. The Kier molecular flexibility index (Phi) is 3.24. The van der Waals surface area contributed by atoms with Crippen LogP contribution in [-0.2, 0) is 4.74 Å². The fourth-order valence-corrected chi connectivity index (χ4v) is 0.919. The van der Waals surface area contributed by atoms with E-state index in [4.69, 9.17) is 5.26 Å². The Bertz CT molecular complexity index is 389. The molecule has 2 radical (unpaired) electrons. The molecule has 0 spiro atoms. The molecule has 0 amide bonds. The summed E-state index contributed by atoms with van der Waals surface area (Å²) in [6, 6.07) is 7.53. The predicted octanol–water partition coefficient (Wildman–Crippen LogP) is 1.83. The standard InChI is InChI=1S/C9H5BFNO2/c10-9(13)14-8(11)7-3-1-2-6(4-7)5-12/h1-4,8H. The molecular weight excluding hydrogens is 184 g/mol. The van der Waals surface area contributed by atoms with E-state index in [0.717, 1.165) is 0 Å². The van der Waals surface area contributed by atoms with Gasteiger partial charge in [-0.2, -0.15) is 9.65 Å². The summed E-state index contributed by atoms with van der Waals surface area (Å²) in [5.74, 6) is -1.19. The third-order valence-corrected chi connectivity index (χ3v) is 1.50. The van der Waals surface area contributed by atoms with Crippen molar-refractivity contribution in [3.05, 3.63) is 35.4 Å². The van der Waals surface area contributed by atoms with E-state index in [1.807, 2.05) is 6.07 Å². The lowest BCUT2D eigenvalue weighted by molar-refractivity contribution is 0.0276. The molecule has 5 heteroatoms. The summed E-state index contributed by atoms with van der Waals surface area (Å²) in [5, 5.41) is 8.52. The van der Waals surface area contributed by atoms with Crippen molar-refractivity contribution in [1.29, 1.82) is 5.26 Å². The Morgan fingerprint density at radius 3 is 2.93 bits per heavy atom. The van der Waals surface area contributed by atoms with E-state index in [1.54, 1.807) is 0 Å². The topological polar surface area (TPSA) is 50.1 Å². The molecular formula is C9H5BFNO2. The molecule has 14 heavy (non-hydrogen) atoms. The van der Waals surface area contributed by atoms with Gasteiger partial charge in [0.25, 0.3) is 6.36 Å². The number of benzene rings is 1. The quantitative estimate of drug-likeness (QED) is 0.666. The average molecular weight is 189 g/mol. The molecule has 68 valence electrons. The third-order valence-electron chi connectivity index (χ3n) is 1.50. The van der Waals surface area contributed by atoms with E-state index >= 15 is 0 Å². The van der Waals surface area contributed by atoms with Crippen molar-refractivity contribution in [1.82, 2.24) is 0 Å². The zero-order valence-electron chi connectivity index (χ0n) is 7.11. The van der Waals surface area contributed by atoms with Gasteiger partial charge in [-0.15, -0.1) is 0 Å². The van der Waals surface area contributed by atoms with E-state index in [2.05, 4.69) is 12.6 Å². The molecule has 0 aliphatic heterocycles. The van der Waals surface area contributed by atoms with Crippen LogP contribution < -0.4 is 0 Å². The molecule has 1 aromatic carbocycles. The maximum absolute atomic E-state index is 13.1. The summed E-state index contributed by atoms with van der Waals surface area (Å²) in [7, 11) is 4.64. The van der Waals surface area contributed by atoms with Gasteiger partial charge in [0, 0.05) is 5.56 Å². The number of halogens is 1. The van der Waals surface area contributed by atoms with Gasteiger partial charge in [0.15, 0.2) is 0 Å². The van der Waals surface area contributed by atoms with Crippen LogP contribution in [0.3, 0.4) is 0 Å². The van der Waals surface area contributed by atoms with E-state index in [1.165, 1.54) is 24.3 Å². The fourth-order valence-electron chi connectivity index (χ4n) is 0.919. The fraction of sp³-hybridized carbons (Fsp3) is 0.111. The highest BCUT2D eigenvalue weighted by Crippen LogP contribution is 2.19. The molecule has 0 aliphatic rings. The largest absolute Gasteiger partial charge is 0.436 e. The van der Waals surface area contributed by atoms with E-state index in [-0.39, 0.29) is 5.56 Å². The first-order valence-corrected chi connectivity index (χ1v) is 3.73. The summed E-state index contributed by atoms with van der Waals surface area (Å²) >= 11 is 0. The highest BCUT2D eigenvalue weighted by Gasteiger charge is 2.12. The van der Waals surface area contributed by atoms with Gasteiger partial charge in [0.1, 0.15) is 0 Å². The molecule has 1 atom stereocenters. The summed E-state index contributed by atoms with van der Waals surface area (Å²) in [4.78, 5) is 10.2. The molecule has 1 rings (SSSR count). The number of alkyl halides is 1. The van der Waals surface area contributed by atoms with Gasteiger partial charge in [-0.1, -0.05) is 12.1 Å².